The molecule has 1 aliphatic heterocycles. The fraction of sp³-hybridized carbons (Fsp3) is 0.500. The zero-order valence-electron chi connectivity index (χ0n) is 11.3. The predicted molar refractivity (Wildman–Crippen MR) is 73.4 cm³/mol. The van der Waals surface area contributed by atoms with Crippen molar-refractivity contribution >= 4 is 11.6 Å². The number of carbonyl (C=O) groups excluding carboxylic acids is 1. The summed E-state index contributed by atoms with van der Waals surface area (Å²) in [6, 6.07) is 8.04. The summed E-state index contributed by atoms with van der Waals surface area (Å²) in [5.74, 6) is 0.153. The molecular weight excluding hydrogens is 226 g/mol. The van der Waals surface area contributed by atoms with Gasteiger partial charge in [-0.3, -0.25) is 4.79 Å². The van der Waals surface area contributed by atoms with Crippen LogP contribution in [0.2, 0.25) is 0 Å². The number of likely N-dealkylation sites (N-methyl/N-ethyl adjacent to an activating group) is 1. The Hall–Kier alpha value is -1.55. The third-order valence-electron chi connectivity index (χ3n) is 3.71. The number of hydrogen-bond donors (Lipinski definition) is 1. The zero-order valence-corrected chi connectivity index (χ0v) is 11.3. The number of nitrogens with two attached hydrogens (primary N) is 1. The van der Waals surface area contributed by atoms with Crippen LogP contribution in [-0.2, 0) is 11.3 Å². The molecule has 98 valence electrons. The highest BCUT2D eigenvalue weighted by Crippen LogP contribution is 2.30. The van der Waals surface area contributed by atoms with Gasteiger partial charge in [0.05, 0.1) is 0 Å². The smallest absolute Gasteiger partial charge is 0.247 e. The second-order valence-corrected chi connectivity index (χ2v) is 5.27. The third-order valence-corrected chi connectivity index (χ3v) is 3.71. The largest absolute Gasteiger partial charge is 0.355 e. The lowest BCUT2D eigenvalue weighted by Crippen LogP contribution is -2.62. The molecule has 4 heteroatoms. The molecule has 0 unspecified atom stereocenters. The summed E-state index contributed by atoms with van der Waals surface area (Å²) in [4.78, 5) is 16.2. The maximum absolute atomic E-state index is 12.3. The molecule has 18 heavy (non-hydrogen) atoms. The summed E-state index contributed by atoms with van der Waals surface area (Å²) in [5.41, 5.74) is 7.43. The molecule has 0 aromatic heterocycles. The van der Waals surface area contributed by atoms with Crippen LogP contribution in [0.4, 0.5) is 5.69 Å². The van der Waals surface area contributed by atoms with E-state index in [1.54, 1.807) is 4.90 Å². The summed E-state index contributed by atoms with van der Waals surface area (Å²) in [7, 11) is 1.86. The average Bonchev–Trinajstić information content (AvgIpc) is 2.36. The van der Waals surface area contributed by atoms with Crippen molar-refractivity contribution in [3.63, 3.8) is 0 Å². The molecule has 1 heterocycles. The van der Waals surface area contributed by atoms with Crippen molar-refractivity contribution in [1.82, 2.24) is 4.90 Å². The maximum atomic E-state index is 12.3. The molecule has 0 bridgehead atoms. The van der Waals surface area contributed by atoms with E-state index in [9.17, 15) is 4.79 Å². The normalized spacial score (nSPS) is 19.2. The van der Waals surface area contributed by atoms with Gasteiger partial charge in [0, 0.05) is 32.4 Å². The molecule has 2 N–H and O–H groups in total. The highest BCUT2D eigenvalue weighted by Gasteiger charge is 2.40. The summed E-state index contributed by atoms with van der Waals surface area (Å²) < 4.78 is 0. The van der Waals surface area contributed by atoms with Crippen molar-refractivity contribution in [2.45, 2.75) is 25.9 Å². The minimum atomic E-state index is -0.516. The Morgan fingerprint density at radius 3 is 2.61 bits per heavy atom. The van der Waals surface area contributed by atoms with Crippen molar-refractivity contribution in [2.75, 3.05) is 25.0 Å². The Bertz CT molecular complexity index is 456. The summed E-state index contributed by atoms with van der Waals surface area (Å²) in [6.07, 6.45) is 0. The van der Waals surface area contributed by atoms with Gasteiger partial charge in [0.15, 0.2) is 0 Å². The van der Waals surface area contributed by atoms with E-state index in [2.05, 4.69) is 4.90 Å². The molecular formula is C14H21N3O. The maximum Gasteiger partial charge on any atom is 0.247 e. The third kappa shape index (κ3) is 1.97. The van der Waals surface area contributed by atoms with Crippen LogP contribution < -0.4 is 10.6 Å². The van der Waals surface area contributed by atoms with Crippen LogP contribution >= 0.6 is 0 Å². The summed E-state index contributed by atoms with van der Waals surface area (Å²) in [5, 5.41) is 0. The minimum Gasteiger partial charge on any atom is -0.355 e. The second kappa shape index (κ2) is 4.61. The van der Waals surface area contributed by atoms with Gasteiger partial charge in [-0.1, -0.05) is 18.2 Å². The molecule has 2 rings (SSSR count). The number of piperazine rings is 1. The van der Waals surface area contributed by atoms with Gasteiger partial charge in [0.2, 0.25) is 5.91 Å². The van der Waals surface area contributed by atoms with Gasteiger partial charge in [0.1, 0.15) is 5.54 Å². The number of rotatable bonds is 2. The predicted octanol–water partition coefficient (Wildman–Crippen LogP) is 1.20. The summed E-state index contributed by atoms with van der Waals surface area (Å²) in [6.45, 7) is 6.02. The van der Waals surface area contributed by atoms with Crippen molar-refractivity contribution < 1.29 is 4.79 Å². The van der Waals surface area contributed by atoms with Gasteiger partial charge in [0.25, 0.3) is 0 Å². The number of nitrogens with zero attached hydrogens (tertiary/aromatic N) is 2. The van der Waals surface area contributed by atoms with Crippen LogP contribution in [0.15, 0.2) is 24.3 Å². The molecule has 1 aromatic rings. The molecule has 0 atom stereocenters. The second-order valence-electron chi connectivity index (χ2n) is 5.27. The fourth-order valence-electron chi connectivity index (χ4n) is 2.58. The average molecular weight is 247 g/mol. The van der Waals surface area contributed by atoms with Gasteiger partial charge >= 0.3 is 0 Å². The summed E-state index contributed by atoms with van der Waals surface area (Å²) >= 11 is 0. The first-order valence-electron chi connectivity index (χ1n) is 6.29. The Morgan fingerprint density at radius 1 is 1.28 bits per heavy atom. The van der Waals surface area contributed by atoms with Gasteiger partial charge in [-0.2, -0.15) is 0 Å². The molecule has 0 saturated carbocycles. The van der Waals surface area contributed by atoms with Crippen LogP contribution in [0.1, 0.15) is 19.4 Å². The fourth-order valence-corrected chi connectivity index (χ4v) is 2.58. The topological polar surface area (TPSA) is 49.6 Å². The van der Waals surface area contributed by atoms with Crippen LogP contribution in [0.3, 0.4) is 0 Å². The number of hydrogen-bond acceptors (Lipinski definition) is 3. The van der Waals surface area contributed by atoms with E-state index in [1.165, 1.54) is 0 Å². The first-order chi connectivity index (χ1) is 8.48. The van der Waals surface area contributed by atoms with Gasteiger partial charge in [-0.25, -0.2) is 0 Å². The zero-order chi connectivity index (χ0) is 13.3. The molecule has 0 spiro atoms. The SMILES string of the molecule is CN1CCN(c2ccccc2CN)C(C)(C)C1=O. The van der Waals surface area contributed by atoms with Crippen molar-refractivity contribution in [2.24, 2.45) is 5.73 Å². The lowest BCUT2D eigenvalue weighted by atomic mass is 9.95. The van der Waals surface area contributed by atoms with Crippen molar-refractivity contribution in [1.29, 1.82) is 0 Å². The quantitative estimate of drug-likeness (QED) is 0.854. The Morgan fingerprint density at radius 2 is 1.94 bits per heavy atom. The van der Waals surface area contributed by atoms with E-state index in [1.807, 2.05) is 45.2 Å². The van der Waals surface area contributed by atoms with Crippen LogP contribution in [0.5, 0.6) is 0 Å². The van der Waals surface area contributed by atoms with E-state index in [4.69, 9.17) is 5.73 Å². The first-order valence-corrected chi connectivity index (χ1v) is 6.29. The van der Waals surface area contributed by atoms with E-state index in [0.29, 0.717) is 6.54 Å². The minimum absolute atomic E-state index is 0.153. The van der Waals surface area contributed by atoms with E-state index in [0.717, 1.165) is 24.3 Å². The van der Waals surface area contributed by atoms with Gasteiger partial charge in [-0.15, -0.1) is 0 Å². The molecule has 0 radical (unpaired) electrons. The lowest BCUT2D eigenvalue weighted by Gasteiger charge is -2.46. The van der Waals surface area contributed by atoms with E-state index < -0.39 is 5.54 Å². The number of benzene rings is 1. The first kappa shape index (κ1) is 12.9. The van der Waals surface area contributed by atoms with Gasteiger partial charge < -0.3 is 15.5 Å². The number of amides is 1. The molecule has 1 aromatic carbocycles. The lowest BCUT2D eigenvalue weighted by molar-refractivity contribution is -0.136. The highest BCUT2D eigenvalue weighted by atomic mass is 16.2. The molecule has 1 amide bonds. The number of carbonyl (C=O) groups is 1. The van der Waals surface area contributed by atoms with Crippen molar-refractivity contribution in [3.8, 4) is 0 Å². The Kier molecular flexibility index (Phi) is 3.30. The monoisotopic (exact) mass is 247 g/mol. The Balaban J connectivity index is 2.41. The van der Waals surface area contributed by atoms with Crippen LogP contribution in [0, 0.1) is 0 Å². The van der Waals surface area contributed by atoms with Gasteiger partial charge in [-0.05, 0) is 25.5 Å². The molecule has 4 nitrogen and oxygen atoms in total. The number of anilines is 1. The van der Waals surface area contributed by atoms with E-state index in [-0.39, 0.29) is 5.91 Å². The van der Waals surface area contributed by atoms with Crippen LogP contribution in [0.25, 0.3) is 0 Å². The Labute approximate surface area is 108 Å². The van der Waals surface area contributed by atoms with Crippen LogP contribution in [-0.4, -0.2) is 36.5 Å². The molecule has 1 aliphatic rings. The van der Waals surface area contributed by atoms with Crippen molar-refractivity contribution in [3.05, 3.63) is 29.8 Å². The highest BCUT2D eigenvalue weighted by molar-refractivity contribution is 5.90. The number of para-hydroxylation sites is 1. The molecule has 0 aliphatic carbocycles. The standard InChI is InChI=1S/C14H21N3O/c1-14(2)13(18)16(3)8-9-17(14)12-7-5-4-6-11(12)10-15/h4-7H,8-10,15H2,1-3H3. The van der Waals surface area contributed by atoms with E-state index >= 15 is 0 Å². The molecule has 1 fully saturated rings. The molecule has 1 saturated heterocycles.